The van der Waals surface area contributed by atoms with Gasteiger partial charge in [-0.15, -0.1) is 0 Å². The molecule has 104 valence electrons. The smallest absolute Gasteiger partial charge is 0.291 e. The van der Waals surface area contributed by atoms with E-state index in [-0.39, 0.29) is 5.69 Å². The predicted molar refractivity (Wildman–Crippen MR) is 79.8 cm³/mol. The number of anilines is 1. The van der Waals surface area contributed by atoms with Crippen molar-refractivity contribution in [1.29, 1.82) is 0 Å². The number of rotatable bonds is 5. The van der Waals surface area contributed by atoms with E-state index in [4.69, 9.17) is 0 Å². The summed E-state index contributed by atoms with van der Waals surface area (Å²) in [6.07, 6.45) is 5.62. The van der Waals surface area contributed by atoms with E-state index in [1.54, 1.807) is 13.1 Å². The summed E-state index contributed by atoms with van der Waals surface area (Å²) >= 11 is 3.34. The first-order chi connectivity index (χ1) is 9.59. The Labute approximate surface area is 124 Å². The lowest BCUT2D eigenvalue weighted by molar-refractivity contribution is -0.385. The average molecular weight is 337 g/mol. The molecule has 1 N–H and O–H groups in total. The predicted octanol–water partition coefficient (Wildman–Crippen LogP) is 3.11. The van der Waals surface area contributed by atoms with Gasteiger partial charge in [0.25, 0.3) is 5.69 Å². The van der Waals surface area contributed by atoms with Crippen LogP contribution in [0.4, 0.5) is 11.5 Å². The molecule has 0 amide bonds. The number of pyridine rings is 2. The van der Waals surface area contributed by atoms with Crippen molar-refractivity contribution in [2.24, 2.45) is 0 Å². The standard InChI is InChI=1S/C13H13BrN4O2/c1-9-11(18(19)20)8-17-13(12(9)14)16-6-4-10-3-2-5-15-7-10/h2-3,5,7-8H,4,6H2,1H3,(H,16,17). The van der Waals surface area contributed by atoms with E-state index in [0.29, 0.717) is 22.4 Å². The Hall–Kier alpha value is -2.02. The maximum absolute atomic E-state index is 10.8. The van der Waals surface area contributed by atoms with Crippen molar-refractivity contribution in [3.8, 4) is 0 Å². The number of halogens is 1. The van der Waals surface area contributed by atoms with Gasteiger partial charge in [0.05, 0.1) is 9.40 Å². The van der Waals surface area contributed by atoms with Crippen LogP contribution in [0.25, 0.3) is 0 Å². The second-order valence-electron chi connectivity index (χ2n) is 4.23. The van der Waals surface area contributed by atoms with Gasteiger partial charge in [0, 0.05) is 24.5 Å². The molecule has 0 spiro atoms. The molecule has 2 aromatic heterocycles. The van der Waals surface area contributed by atoms with Crippen LogP contribution in [0.1, 0.15) is 11.1 Å². The van der Waals surface area contributed by atoms with Crippen molar-refractivity contribution in [2.45, 2.75) is 13.3 Å². The van der Waals surface area contributed by atoms with Crippen LogP contribution in [-0.4, -0.2) is 21.4 Å². The average Bonchev–Trinajstić information content (AvgIpc) is 2.44. The molecule has 7 heteroatoms. The summed E-state index contributed by atoms with van der Waals surface area (Å²) in [4.78, 5) is 18.5. The highest BCUT2D eigenvalue weighted by molar-refractivity contribution is 9.10. The monoisotopic (exact) mass is 336 g/mol. The van der Waals surface area contributed by atoms with Crippen molar-refractivity contribution in [1.82, 2.24) is 9.97 Å². The molecule has 20 heavy (non-hydrogen) atoms. The molecule has 0 saturated carbocycles. The second-order valence-corrected chi connectivity index (χ2v) is 5.02. The first-order valence-electron chi connectivity index (χ1n) is 6.02. The molecule has 0 aromatic carbocycles. The van der Waals surface area contributed by atoms with E-state index in [2.05, 4.69) is 31.2 Å². The van der Waals surface area contributed by atoms with Crippen molar-refractivity contribution in [3.63, 3.8) is 0 Å². The third-order valence-electron chi connectivity index (χ3n) is 2.86. The van der Waals surface area contributed by atoms with E-state index < -0.39 is 4.92 Å². The topological polar surface area (TPSA) is 81.0 Å². The van der Waals surface area contributed by atoms with Crippen LogP contribution >= 0.6 is 15.9 Å². The van der Waals surface area contributed by atoms with Crippen molar-refractivity contribution < 1.29 is 4.92 Å². The van der Waals surface area contributed by atoms with Crippen molar-refractivity contribution in [3.05, 3.63) is 56.4 Å². The van der Waals surface area contributed by atoms with Crippen molar-refractivity contribution in [2.75, 3.05) is 11.9 Å². The lowest BCUT2D eigenvalue weighted by Crippen LogP contribution is -2.08. The fourth-order valence-electron chi connectivity index (χ4n) is 1.75. The lowest BCUT2D eigenvalue weighted by Gasteiger charge is -2.09. The van der Waals surface area contributed by atoms with E-state index >= 15 is 0 Å². The molecule has 0 saturated heterocycles. The summed E-state index contributed by atoms with van der Waals surface area (Å²) in [6.45, 7) is 2.37. The molecule has 0 radical (unpaired) electrons. The Morgan fingerprint density at radius 3 is 2.90 bits per heavy atom. The molecule has 0 bridgehead atoms. The van der Waals surface area contributed by atoms with Crippen LogP contribution in [0.5, 0.6) is 0 Å². The molecular formula is C13H13BrN4O2. The van der Waals surface area contributed by atoms with E-state index in [0.717, 1.165) is 12.0 Å². The van der Waals surface area contributed by atoms with Gasteiger partial charge in [-0.1, -0.05) is 6.07 Å². The second kappa shape index (κ2) is 6.42. The fraction of sp³-hybridized carbons (Fsp3) is 0.231. The number of nitro groups is 1. The Morgan fingerprint density at radius 2 is 2.25 bits per heavy atom. The summed E-state index contributed by atoms with van der Waals surface area (Å²) in [5, 5.41) is 14.0. The molecule has 0 aliphatic heterocycles. The maximum Gasteiger partial charge on any atom is 0.291 e. The summed E-state index contributed by atoms with van der Waals surface area (Å²) in [6, 6.07) is 3.89. The molecule has 0 fully saturated rings. The molecule has 2 heterocycles. The molecule has 0 aliphatic rings. The van der Waals surface area contributed by atoms with Crippen molar-refractivity contribution >= 4 is 27.4 Å². The quantitative estimate of drug-likeness (QED) is 0.670. The zero-order valence-electron chi connectivity index (χ0n) is 10.8. The van der Waals surface area contributed by atoms with Gasteiger partial charge in [-0.05, 0) is 40.9 Å². The number of nitrogens with zero attached hydrogens (tertiary/aromatic N) is 3. The first kappa shape index (κ1) is 14.4. The van der Waals surface area contributed by atoms with Crippen LogP contribution < -0.4 is 5.32 Å². The van der Waals surface area contributed by atoms with Crippen LogP contribution in [0.3, 0.4) is 0 Å². The van der Waals surface area contributed by atoms with Gasteiger partial charge in [-0.3, -0.25) is 15.1 Å². The summed E-state index contributed by atoms with van der Waals surface area (Å²) in [5.74, 6) is 0.608. The summed E-state index contributed by atoms with van der Waals surface area (Å²) in [5.41, 5.74) is 1.69. The van der Waals surface area contributed by atoms with E-state index in [9.17, 15) is 10.1 Å². The van der Waals surface area contributed by atoms with Crippen LogP contribution in [0.15, 0.2) is 35.2 Å². The lowest BCUT2D eigenvalue weighted by atomic mass is 10.2. The molecule has 0 aliphatic carbocycles. The van der Waals surface area contributed by atoms with Gasteiger partial charge in [0.1, 0.15) is 12.0 Å². The number of hydrogen-bond donors (Lipinski definition) is 1. The number of nitrogens with one attached hydrogen (secondary N) is 1. The molecule has 0 atom stereocenters. The minimum atomic E-state index is -0.438. The third-order valence-corrected chi connectivity index (χ3v) is 3.83. The molecule has 2 aromatic rings. The number of aromatic nitrogens is 2. The zero-order valence-corrected chi connectivity index (χ0v) is 12.4. The van der Waals surface area contributed by atoms with Crippen LogP contribution in [0, 0.1) is 17.0 Å². The normalized spacial score (nSPS) is 10.3. The largest absolute Gasteiger partial charge is 0.369 e. The molecule has 0 unspecified atom stereocenters. The fourth-order valence-corrected chi connectivity index (χ4v) is 2.19. The van der Waals surface area contributed by atoms with Gasteiger partial charge in [0.15, 0.2) is 0 Å². The molecule has 6 nitrogen and oxygen atoms in total. The van der Waals surface area contributed by atoms with Crippen LogP contribution in [-0.2, 0) is 6.42 Å². The van der Waals surface area contributed by atoms with Gasteiger partial charge in [-0.25, -0.2) is 4.98 Å². The van der Waals surface area contributed by atoms with Gasteiger partial charge < -0.3 is 5.32 Å². The minimum Gasteiger partial charge on any atom is -0.369 e. The Bertz CT molecular complexity index is 619. The Balaban J connectivity index is 2.04. The summed E-state index contributed by atoms with van der Waals surface area (Å²) < 4.78 is 0.623. The zero-order chi connectivity index (χ0) is 14.5. The SMILES string of the molecule is Cc1c([N+](=O)[O-])cnc(NCCc2cccnc2)c1Br. The van der Waals surface area contributed by atoms with Crippen LogP contribution in [0.2, 0.25) is 0 Å². The first-order valence-corrected chi connectivity index (χ1v) is 6.81. The highest BCUT2D eigenvalue weighted by atomic mass is 79.9. The molecule has 2 rings (SSSR count). The number of hydrogen-bond acceptors (Lipinski definition) is 5. The van der Waals surface area contributed by atoms with E-state index in [1.165, 1.54) is 6.20 Å². The molecular weight excluding hydrogens is 324 g/mol. The Kier molecular flexibility index (Phi) is 4.62. The minimum absolute atomic E-state index is 0.00897. The third kappa shape index (κ3) is 3.30. The highest BCUT2D eigenvalue weighted by Gasteiger charge is 2.16. The highest BCUT2D eigenvalue weighted by Crippen LogP contribution is 2.30. The Morgan fingerprint density at radius 1 is 1.45 bits per heavy atom. The van der Waals surface area contributed by atoms with Gasteiger partial charge in [0.2, 0.25) is 0 Å². The summed E-state index contributed by atoms with van der Waals surface area (Å²) in [7, 11) is 0. The maximum atomic E-state index is 10.8. The van der Waals surface area contributed by atoms with Gasteiger partial charge in [-0.2, -0.15) is 0 Å². The van der Waals surface area contributed by atoms with E-state index in [1.807, 2.05) is 18.3 Å². The van der Waals surface area contributed by atoms with Gasteiger partial charge >= 0.3 is 0 Å².